The number of para-hydroxylation sites is 2. The molecule has 280 valence electrons. The molecule has 0 aliphatic heterocycles. The van der Waals surface area contributed by atoms with E-state index in [-0.39, 0.29) is 0 Å². The van der Waals surface area contributed by atoms with Crippen LogP contribution in [-0.2, 0) is 0 Å². The first-order valence-corrected chi connectivity index (χ1v) is 20.4. The van der Waals surface area contributed by atoms with Crippen LogP contribution < -0.4 is 9.80 Å². The third kappa shape index (κ3) is 8.71. The Morgan fingerprint density at radius 2 is 1.07 bits per heavy atom. The van der Waals surface area contributed by atoms with Gasteiger partial charge in [0.15, 0.2) is 0 Å². The maximum Gasteiger partial charge on any atom is 0.0546 e. The summed E-state index contributed by atoms with van der Waals surface area (Å²) in [5.74, 6) is 1.41. The van der Waals surface area contributed by atoms with Crippen molar-refractivity contribution in [3.63, 3.8) is 0 Å². The second kappa shape index (κ2) is 20.8. The highest BCUT2D eigenvalue weighted by Crippen LogP contribution is 2.55. The van der Waals surface area contributed by atoms with E-state index in [2.05, 4.69) is 183 Å². The maximum atomic E-state index is 4.08. The van der Waals surface area contributed by atoms with Crippen molar-refractivity contribution in [3.8, 4) is 0 Å². The van der Waals surface area contributed by atoms with Gasteiger partial charge in [-0.15, -0.1) is 0 Å². The van der Waals surface area contributed by atoms with E-state index in [4.69, 9.17) is 0 Å². The van der Waals surface area contributed by atoms with Gasteiger partial charge in [-0.25, -0.2) is 0 Å². The van der Waals surface area contributed by atoms with Gasteiger partial charge in [0.1, 0.15) is 0 Å². The van der Waals surface area contributed by atoms with Crippen molar-refractivity contribution in [2.75, 3.05) is 9.80 Å². The zero-order valence-corrected chi connectivity index (χ0v) is 34.3. The lowest BCUT2D eigenvalue weighted by atomic mass is 9.93. The van der Waals surface area contributed by atoms with Crippen molar-refractivity contribution in [2.45, 2.75) is 81.6 Å². The molecule has 2 unspecified atom stereocenters. The summed E-state index contributed by atoms with van der Waals surface area (Å²) in [6.07, 6.45) is 14.6. The molecule has 1 saturated carbocycles. The average Bonchev–Trinajstić information content (AvgIpc) is 3.91. The fourth-order valence-corrected chi connectivity index (χ4v) is 7.34. The first kappa shape index (κ1) is 41.4. The minimum atomic E-state index is 0.627. The molecule has 6 aromatic rings. The Bertz CT molecular complexity index is 2130. The molecule has 0 saturated heterocycles. The van der Waals surface area contributed by atoms with Crippen LogP contribution in [0, 0.1) is 11.8 Å². The van der Waals surface area contributed by atoms with Gasteiger partial charge in [0.2, 0.25) is 0 Å². The Labute approximate surface area is 326 Å². The summed E-state index contributed by atoms with van der Waals surface area (Å²) >= 11 is 0. The zero-order valence-electron chi connectivity index (χ0n) is 34.3. The van der Waals surface area contributed by atoms with Crippen molar-refractivity contribution >= 4 is 55.1 Å². The normalized spacial score (nSPS) is 15.3. The summed E-state index contributed by atoms with van der Waals surface area (Å²) in [6.45, 7) is 22.4. The summed E-state index contributed by atoms with van der Waals surface area (Å²) < 4.78 is 0. The van der Waals surface area contributed by atoms with Gasteiger partial charge in [-0.3, -0.25) is 0 Å². The highest BCUT2D eigenvalue weighted by Gasteiger charge is 2.46. The zero-order chi connectivity index (χ0) is 39.0. The van der Waals surface area contributed by atoms with Crippen molar-refractivity contribution in [1.82, 2.24) is 0 Å². The third-order valence-corrected chi connectivity index (χ3v) is 9.42. The third-order valence-electron chi connectivity index (χ3n) is 9.42. The van der Waals surface area contributed by atoms with Gasteiger partial charge in [-0.1, -0.05) is 172 Å². The molecule has 0 aromatic heterocycles. The molecular weight excluding hydrogens is 653 g/mol. The molecule has 0 spiro atoms. The minimum Gasteiger partial charge on any atom is -0.314 e. The largest absolute Gasteiger partial charge is 0.314 e. The Balaban J connectivity index is 0.000000670. The van der Waals surface area contributed by atoms with Crippen LogP contribution in [0.25, 0.3) is 32.3 Å². The molecular formula is C52H62N2. The lowest BCUT2D eigenvalue weighted by molar-refractivity contribution is 0.833. The topological polar surface area (TPSA) is 6.48 Å². The molecule has 0 bridgehead atoms. The molecule has 0 heterocycles. The van der Waals surface area contributed by atoms with E-state index in [1.165, 1.54) is 68.7 Å². The molecule has 2 aliphatic carbocycles. The van der Waals surface area contributed by atoms with Crippen LogP contribution in [0.3, 0.4) is 0 Å². The van der Waals surface area contributed by atoms with Gasteiger partial charge in [0, 0.05) is 39.5 Å². The van der Waals surface area contributed by atoms with E-state index in [0.717, 1.165) is 23.0 Å². The van der Waals surface area contributed by atoms with Gasteiger partial charge in [0.05, 0.1) is 11.4 Å². The van der Waals surface area contributed by atoms with Gasteiger partial charge in [-0.2, -0.15) is 0 Å². The predicted molar refractivity (Wildman–Crippen MR) is 244 cm³/mol. The standard InChI is InChI=1S/C43H36N2.C3H8.3C2H6/c1-3-15-31(16-4-2)45(41-26-25-30-27-38(30)41)43-29-40-34-21-11-13-23-36(34)42(28-39(40)35-22-12-14-24-37(35)43)44(32-17-7-5-8-18-32)33-19-9-6-10-20-33;1-3-2;3*1-2/h3-24,26,28-30,38H,1,25,27H2,2H3;3H2,1-2H3;3*1-2H3/b16-4-,31-15+;;;;. The Hall–Kier alpha value is -5.34. The highest BCUT2D eigenvalue weighted by atomic mass is 15.2. The molecule has 0 amide bonds. The molecule has 0 radical (unpaired) electrons. The van der Waals surface area contributed by atoms with E-state index in [9.17, 15) is 0 Å². The minimum absolute atomic E-state index is 0.627. The number of anilines is 4. The lowest BCUT2D eigenvalue weighted by Gasteiger charge is -2.31. The smallest absolute Gasteiger partial charge is 0.0546 e. The monoisotopic (exact) mass is 714 g/mol. The fraction of sp³-hybridized carbons (Fsp3) is 0.269. The lowest BCUT2D eigenvalue weighted by Crippen LogP contribution is -2.22. The number of allylic oxidation sites excluding steroid dienone is 6. The molecule has 2 aliphatic rings. The predicted octanol–water partition coefficient (Wildman–Crippen LogP) is 16.5. The van der Waals surface area contributed by atoms with Crippen molar-refractivity contribution in [3.05, 3.63) is 170 Å². The summed E-state index contributed by atoms with van der Waals surface area (Å²) in [6, 6.07) is 44.1. The Kier molecular flexibility index (Phi) is 15.9. The van der Waals surface area contributed by atoms with Gasteiger partial charge >= 0.3 is 0 Å². The van der Waals surface area contributed by atoms with E-state index in [1.807, 2.05) is 47.6 Å². The van der Waals surface area contributed by atoms with Crippen molar-refractivity contribution < 1.29 is 0 Å². The molecule has 8 rings (SSSR count). The van der Waals surface area contributed by atoms with E-state index >= 15 is 0 Å². The quantitative estimate of drug-likeness (QED) is 0.114. The van der Waals surface area contributed by atoms with E-state index in [0.29, 0.717) is 5.92 Å². The number of benzene rings is 6. The summed E-state index contributed by atoms with van der Waals surface area (Å²) in [5.41, 5.74) is 7.25. The van der Waals surface area contributed by atoms with Crippen LogP contribution in [0.2, 0.25) is 0 Å². The van der Waals surface area contributed by atoms with Gasteiger partial charge < -0.3 is 9.80 Å². The number of rotatable bonds is 8. The van der Waals surface area contributed by atoms with Crippen LogP contribution in [0.5, 0.6) is 0 Å². The fourth-order valence-electron chi connectivity index (χ4n) is 7.34. The Morgan fingerprint density at radius 1 is 0.630 bits per heavy atom. The highest BCUT2D eigenvalue weighted by molar-refractivity contribution is 6.24. The SMILES string of the molecule is C=C/C=C(\C=C/C)N(C1=CCC2CC12)c1cc2c3ccccc3c(N(c3ccccc3)c3ccccc3)cc2c2ccccc12.CC.CC.CC.CCC. The number of fused-ring (bicyclic) bond motifs is 6. The number of nitrogens with zero attached hydrogens (tertiary/aromatic N) is 2. The molecule has 2 atom stereocenters. The van der Waals surface area contributed by atoms with E-state index < -0.39 is 0 Å². The van der Waals surface area contributed by atoms with Gasteiger partial charge in [-0.05, 0) is 95.8 Å². The second-order valence-corrected chi connectivity index (χ2v) is 12.8. The van der Waals surface area contributed by atoms with Gasteiger partial charge in [0.25, 0.3) is 0 Å². The summed E-state index contributed by atoms with van der Waals surface area (Å²) in [5, 5.41) is 7.50. The summed E-state index contributed by atoms with van der Waals surface area (Å²) in [7, 11) is 0. The molecule has 2 nitrogen and oxygen atoms in total. The maximum absolute atomic E-state index is 4.08. The van der Waals surface area contributed by atoms with E-state index in [1.54, 1.807) is 0 Å². The number of hydrogen-bond donors (Lipinski definition) is 0. The first-order chi connectivity index (χ1) is 26.7. The Morgan fingerprint density at radius 3 is 1.50 bits per heavy atom. The molecule has 1 fully saturated rings. The molecule has 0 N–H and O–H groups in total. The van der Waals surface area contributed by atoms with Crippen LogP contribution in [0.1, 0.15) is 81.6 Å². The molecule has 6 aromatic carbocycles. The number of hydrogen-bond acceptors (Lipinski definition) is 2. The average molecular weight is 715 g/mol. The van der Waals surface area contributed by atoms with Crippen LogP contribution in [0.4, 0.5) is 22.7 Å². The van der Waals surface area contributed by atoms with Crippen LogP contribution >= 0.6 is 0 Å². The first-order valence-electron chi connectivity index (χ1n) is 20.4. The second-order valence-electron chi connectivity index (χ2n) is 12.8. The van der Waals surface area contributed by atoms with Crippen molar-refractivity contribution in [2.24, 2.45) is 11.8 Å². The van der Waals surface area contributed by atoms with Crippen LogP contribution in [-0.4, -0.2) is 0 Å². The molecule has 54 heavy (non-hydrogen) atoms. The van der Waals surface area contributed by atoms with Crippen LogP contribution in [0.15, 0.2) is 170 Å². The summed E-state index contributed by atoms with van der Waals surface area (Å²) in [4.78, 5) is 4.91. The van der Waals surface area contributed by atoms with Crippen molar-refractivity contribution in [1.29, 1.82) is 0 Å². The molecule has 2 heteroatoms.